The Bertz CT molecular complexity index is 1230. The van der Waals surface area contributed by atoms with Gasteiger partial charge in [0.1, 0.15) is 11.3 Å². The Morgan fingerprint density at radius 2 is 1.76 bits per heavy atom. The van der Waals surface area contributed by atoms with Crippen molar-refractivity contribution in [3.8, 4) is 5.75 Å². The average molecular weight is 496 g/mol. The van der Waals surface area contributed by atoms with E-state index in [4.69, 9.17) is 27.9 Å². The van der Waals surface area contributed by atoms with E-state index >= 15 is 0 Å². The van der Waals surface area contributed by atoms with Gasteiger partial charge in [-0.25, -0.2) is 4.79 Å². The summed E-state index contributed by atoms with van der Waals surface area (Å²) in [4.78, 5) is 12.6. The molecule has 0 aliphatic heterocycles. The van der Waals surface area contributed by atoms with Crippen LogP contribution in [0.2, 0.25) is 10.0 Å². The van der Waals surface area contributed by atoms with E-state index < -0.39 is 11.5 Å². The first-order chi connectivity index (χ1) is 16.4. The predicted molar refractivity (Wildman–Crippen MR) is 136 cm³/mol. The number of nitrogens with one attached hydrogen (secondary N) is 1. The van der Waals surface area contributed by atoms with Gasteiger partial charge in [-0.3, -0.25) is 0 Å². The summed E-state index contributed by atoms with van der Waals surface area (Å²) in [6.07, 6.45) is 3.48. The molecule has 0 aromatic heterocycles. The van der Waals surface area contributed by atoms with Crippen molar-refractivity contribution >= 4 is 34.9 Å². The normalized spacial score (nSPS) is 25.7. The topological polar surface area (TPSA) is 58.6 Å². The number of aliphatic carboxylic acids is 1. The Morgan fingerprint density at radius 3 is 2.44 bits per heavy atom. The molecule has 0 saturated heterocycles. The van der Waals surface area contributed by atoms with Gasteiger partial charge >= 0.3 is 5.97 Å². The lowest BCUT2D eigenvalue weighted by Gasteiger charge is -2.47. The molecule has 2 aliphatic rings. The fourth-order valence-corrected chi connectivity index (χ4v) is 6.56. The molecule has 6 heteroatoms. The maximum atomic E-state index is 12.6. The number of halogens is 2. The zero-order chi connectivity index (χ0) is 23.9. The van der Waals surface area contributed by atoms with E-state index in [1.54, 1.807) is 19.2 Å². The summed E-state index contributed by atoms with van der Waals surface area (Å²) in [6.45, 7) is 0. The fraction of sp³-hybridized carbons (Fsp3) is 0.321. The van der Waals surface area contributed by atoms with Crippen molar-refractivity contribution in [3.63, 3.8) is 0 Å². The average Bonchev–Trinajstić information content (AvgIpc) is 3.15. The smallest absolute Gasteiger partial charge is 0.329 e. The summed E-state index contributed by atoms with van der Waals surface area (Å²) >= 11 is 12.7. The second-order valence-electron chi connectivity index (χ2n) is 9.49. The Balaban J connectivity index is 1.51. The Labute approximate surface area is 209 Å². The molecule has 2 aliphatic carbocycles. The molecule has 0 bridgehead atoms. The van der Waals surface area contributed by atoms with Crippen molar-refractivity contribution in [1.29, 1.82) is 0 Å². The molecule has 0 amide bonds. The summed E-state index contributed by atoms with van der Waals surface area (Å²) in [5.41, 5.74) is 3.42. The zero-order valence-corrected chi connectivity index (χ0v) is 20.5. The number of hydrogen-bond donors (Lipinski definition) is 2. The molecule has 0 radical (unpaired) electrons. The second kappa shape index (κ2) is 8.83. The number of benzene rings is 3. The van der Waals surface area contributed by atoms with E-state index in [1.807, 2.05) is 24.3 Å². The first-order valence-electron chi connectivity index (χ1n) is 11.6. The van der Waals surface area contributed by atoms with Gasteiger partial charge in [0.25, 0.3) is 0 Å². The highest BCUT2D eigenvalue weighted by atomic mass is 35.5. The van der Waals surface area contributed by atoms with E-state index in [1.165, 1.54) is 16.7 Å². The van der Waals surface area contributed by atoms with Gasteiger partial charge in [0, 0.05) is 16.1 Å². The van der Waals surface area contributed by atoms with E-state index in [0.29, 0.717) is 28.6 Å². The third kappa shape index (κ3) is 3.83. The van der Waals surface area contributed by atoms with Crippen molar-refractivity contribution in [2.75, 3.05) is 12.4 Å². The molecular weight excluding hydrogens is 469 g/mol. The molecule has 5 rings (SSSR count). The van der Waals surface area contributed by atoms with Gasteiger partial charge in [0.2, 0.25) is 0 Å². The third-order valence-electron chi connectivity index (χ3n) is 7.84. The first-order valence-corrected chi connectivity index (χ1v) is 12.3. The van der Waals surface area contributed by atoms with Crippen LogP contribution in [0.3, 0.4) is 0 Å². The van der Waals surface area contributed by atoms with Crippen LogP contribution in [0, 0.1) is 0 Å². The van der Waals surface area contributed by atoms with Crippen molar-refractivity contribution in [2.45, 2.75) is 49.0 Å². The van der Waals surface area contributed by atoms with Gasteiger partial charge in [0.15, 0.2) is 0 Å². The highest BCUT2D eigenvalue weighted by Crippen LogP contribution is 2.58. The van der Waals surface area contributed by atoms with Crippen molar-refractivity contribution in [3.05, 3.63) is 93.5 Å². The molecule has 1 atom stereocenters. The molecule has 3 aromatic rings. The molecule has 34 heavy (non-hydrogen) atoms. The number of rotatable bonds is 5. The molecule has 4 nitrogen and oxygen atoms in total. The number of carboxylic acids is 1. The molecule has 0 heterocycles. The van der Waals surface area contributed by atoms with Gasteiger partial charge in [-0.05, 0) is 85.0 Å². The van der Waals surface area contributed by atoms with E-state index in [2.05, 4.69) is 35.6 Å². The standard InChI is InChI=1S/C28H27Cl2NO3/c1-34-25-10-9-19(16-24(25)30)23-15-18-5-2-3-8-22(18)27(23)11-13-28(14-12-27,26(32)33)31-21-7-4-6-20(29)17-21/h2-10,16-17,23,31H,11-15H2,1H3,(H,32,33). The van der Waals surface area contributed by atoms with Gasteiger partial charge in [-0.1, -0.05) is 59.6 Å². The monoisotopic (exact) mass is 495 g/mol. The van der Waals surface area contributed by atoms with Gasteiger partial charge in [-0.2, -0.15) is 0 Å². The number of fused-ring (bicyclic) bond motifs is 2. The number of carboxylic acid groups (broad SMARTS) is 1. The molecule has 1 unspecified atom stereocenters. The summed E-state index contributed by atoms with van der Waals surface area (Å²) < 4.78 is 5.37. The van der Waals surface area contributed by atoms with Crippen LogP contribution in [-0.2, 0) is 16.6 Å². The number of methoxy groups -OCH3 is 1. The lowest BCUT2D eigenvalue weighted by atomic mass is 9.59. The number of anilines is 1. The molecule has 2 N–H and O–H groups in total. The summed E-state index contributed by atoms with van der Waals surface area (Å²) in [5, 5.41) is 14.8. The van der Waals surface area contributed by atoms with E-state index in [0.717, 1.165) is 24.9 Å². The minimum Gasteiger partial charge on any atom is -0.495 e. The molecule has 1 spiro atoms. The maximum absolute atomic E-state index is 12.6. The molecule has 3 aromatic carbocycles. The number of hydrogen-bond acceptors (Lipinski definition) is 3. The summed E-state index contributed by atoms with van der Waals surface area (Å²) in [6, 6.07) is 21.9. The lowest BCUT2D eigenvalue weighted by Crippen LogP contribution is -2.52. The largest absolute Gasteiger partial charge is 0.495 e. The quantitative estimate of drug-likeness (QED) is 0.396. The van der Waals surface area contributed by atoms with Crippen molar-refractivity contribution in [1.82, 2.24) is 0 Å². The highest BCUT2D eigenvalue weighted by molar-refractivity contribution is 6.32. The summed E-state index contributed by atoms with van der Waals surface area (Å²) in [5.74, 6) is 0.0677. The molecule has 1 fully saturated rings. The molecule has 1 saturated carbocycles. The Kier molecular flexibility index (Phi) is 5.99. The van der Waals surface area contributed by atoms with Crippen LogP contribution in [0.25, 0.3) is 0 Å². The Morgan fingerprint density at radius 1 is 1.00 bits per heavy atom. The van der Waals surface area contributed by atoms with Crippen LogP contribution in [-0.4, -0.2) is 23.7 Å². The highest BCUT2D eigenvalue weighted by Gasteiger charge is 2.54. The van der Waals surface area contributed by atoms with Crippen molar-refractivity contribution in [2.24, 2.45) is 0 Å². The van der Waals surface area contributed by atoms with Crippen LogP contribution in [0.15, 0.2) is 66.7 Å². The Hall–Kier alpha value is -2.69. The molecular formula is C28H27Cl2NO3. The predicted octanol–water partition coefficient (Wildman–Crippen LogP) is 7.09. The zero-order valence-electron chi connectivity index (χ0n) is 19.0. The maximum Gasteiger partial charge on any atom is 0.329 e. The molecule has 176 valence electrons. The lowest BCUT2D eigenvalue weighted by molar-refractivity contribution is -0.144. The van der Waals surface area contributed by atoms with Crippen LogP contribution in [0.4, 0.5) is 5.69 Å². The van der Waals surface area contributed by atoms with Crippen molar-refractivity contribution < 1.29 is 14.6 Å². The van der Waals surface area contributed by atoms with Gasteiger partial charge in [-0.15, -0.1) is 0 Å². The first kappa shape index (κ1) is 23.1. The second-order valence-corrected chi connectivity index (χ2v) is 10.3. The number of ether oxygens (including phenoxy) is 1. The van der Waals surface area contributed by atoms with Gasteiger partial charge < -0.3 is 15.2 Å². The summed E-state index contributed by atoms with van der Waals surface area (Å²) in [7, 11) is 1.62. The van der Waals surface area contributed by atoms with Crippen LogP contribution < -0.4 is 10.1 Å². The SMILES string of the molecule is COc1ccc(C2Cc3ccccc3C23CCC(Nc2cccc(Cl)c2)(C(=O)O)CC3)cc1Cl. The fourth-order valence-electron chi connectivity index (χ4n) is 6.10. The minimum absolute atomic E-state index is 0.135. The van der Waals surface area contributed by atoms with E-state index in [-0.39, 0.29) is 11.3 Å². The van der Waals surface area contributed by atoms with Crippen LogP contribution in [0.1, 0.15) is 48.3 Å². The third-order valence-corrected chi connectivity index (χ3v) is 8.37. The van der Waals surface area contributed by atoms with Crippen LogP contribution in [0.5, 0.6) is 5.75 Å². The minimum atomic E-state index is -1.03. The van der Waals surface area contributed by atoms with Gasteiger partial charge in [0.05, 0.1) is 12.1 Å². The van der Waals surface area contributed by atoms with E-state index in [9.17, 15) is 9.90 Å². The number of carbonyl (C=O) groups is 1. The van der Waals surface area contributed by atoms with Crippen LogP contribution >= 0.6 is 23.2 Å².